The van der Waals surface area contributed by atoms with E-state index in [2.05, 4.69) is 10.1 Å². The van der Waals surface area contributed by atoms with Crippen LogP contribution in [0.4, 0.5) is 5.82 Å². The number of hydrogen-bond donors (Lipinski definition) is 2. The van der Waals surface area contributed by atoms with Gasteiger partial charge in [-0.25, -0.2) is 4.98 Å². The van der Waals surface area contributed by atoms with Crippen LogP contribution in [-0.4, -0.2) is 41.8 Å². The molecule has 1 aliphatic heterocycles. The predicted octanol–water partition coefficient (Wildman–Crippen LogP) is 1.34. The van der Waals surface area contributed by atoms with Crippen LogP contribution in [0.2, 0.25) is 10.0 Å². The van der Waals surface area contributed by atoms with Gasteiger partial charge in [-0.3, -0.25) is 0 Å². The third-order valence-corrected chi connectivity index (χ3v) is 3.08. The Labute approximate surface area is 114 Å². The molecule has 1 atom stereocenters. The molecule has 0 spiro atoms. The lowest BCUT2D eigenvalue weighted by Crippen LogP contribution is -2.48. The van der Waals surface area contributed by atoms with Crippen molar-refractivity contribution in [2.24, 2.45) is 10.9 Å². The Hall–Kier alpha value is -1.24. The first kappa shape index (κ1) is 13.2. The highest BCUT2D eigenvalue weighted by Gasteiger charge is 2.26. The number of nitrogens with zero attached hydrogens (tertiary/aromatic N) is 3. The standard InChI is InChI=1S/C10H12Cl2N4O2/c11-6-3-7(12)10(14-4-6)16-1-2-18-8(5-16)9(13)15-17/h3-4,8,17H,1-2,5H2,(H2,13,15). The van der Waals surface area contributed by atoms with E-state index in [0.29, 0.717) is 35.6 Å². The normalized spacial score (nSPS) is 21.1. The molecule has 1 aliphatic rings. The lowest BCUT2D eigenvalue weighted by atomic mass is 10.2. The van der Waals surface area contributed by atoms with Gasteiger partial charge in [-0.15, -0.1) is 0 Å². The van der Waals surface area contributed by atoms with Gasteiger partial charge in [0.25, 0.3) is 0 Å². The maximum absolute atomic E-state index is 8.64. The van der Waals surface area contributed by atoms with Crippen LogP contribution >= 0.6 is 23.2 Å². The molecule has 8 heteroatoms. The molecule has 0 aliphatic carbocycles. The summed E-state index contributed by atoms with van der Waals surface area (Å²) in [4.78, 5) is 6.09. The number of rotatable bonds is 2. The van der Waals surface area contributed by atoms with Gasteiger partial charge >= 0.3 is 0 Å². The molecule has 1 fully saturated rings. The van der Waals surface area contributed by atoms with Crippen LogP contribution in [0.15, 0.2) is 17.4 Å². The number of amidine groups is 1. The summed E-state index contributed by atoms with van der Waals surface area (Å²) in [6.45, 7) is 1.50. The van der Waals surface area contributed by atoms with E-state index in [0.717, 1.165) is 0 Å². The van der Waals surface area contributed by atoms with Crippen LogP contribution in [0.3, 0.4) is 0 Å². The fourth-order valence-electron chi connectivity index (χ4n) is 1.73. The molecule has 0 bridgehead atoms. The molecular formula is C10H12Cl2N4O2. The van der Waals surface area contributed by atoms with Gasteiger partial charge in [-0.05, 0) is 6.07 Å². The topological polar surface area (TPSA) is 84.0 Å². The van der Waals surface area contributed by atoms with Crippen molar-refractivity contribution < 1.29 is 9.94 Å². The van der Waals surface area contributed by atoms with E-state index in [-0.39, 0.29) is 5.84 Å². The second-order valence-corrected chi connectivity index (χ2v) is 4.63. The maximum Gasteiger partial charge on any atom is 0.170 e. The molecule has 98 valence electrons. The van der Waals surface area contributed by atoms with E-state index in [4.69, 9.17) is 38.9 Å². The maximum atomic E-state index is 8.64. The van der Waals surface area contributed by atoms with Crippen LogP contribution in [0.25, 0.3) is 0 Å². The number of aromatic nitrogens is 1. The van der Waals surface area contributed by atoms with Crippen molar-refractivity contribution in [3.05, 3.63) is 22.3 Å². The fraction of sp³-hybridized carbons (Fsp3) is 0.400. The quantitative estimate of drug-likeness (QED) is 0.372. The lowest BCUT2D eigenvalue weighted by Gasteiger charge is -2.33. The lowest BCUT2D eigenvalue weighted by molar-refractivity contribution is 0.0804. The number of nitrogens with two attached hydrogens (primary N) is 1. The molecule has 3 N–H and O–H groups in total. The first-order valence-corrected chi connectivity index (χ1v) is 6.02. The highest BCUT2D eigenvalue weighted by molar-refractivity contribution is 6.36. The van der Waals surface area contributed by atoms with Crippen molar-refractivity contribution in [1.82, 2.24) is 4.98 Å². The smallest absolute Gasteiger partial charge is 0.170 e. The predicted molar refractivity (Wildman–Crippen MR) is 69.6 cm³/mol. The zero-order chi connectivity index (χ0) is 13.1. The Kier molecular flexibility index (Phi) is 4.11. The van der Waals surface area contributed by atoms with Crippen molar-refractivity contribution >= 4 is 34.9 Å². The molecule has 18 heavy (non-hydrogen) atoms. The number of hydrogen-bond acceptors (Lipinski definition) is 5. The number of halogens is 2. The highest BCUT2D eigenvalue weighted by atomic mass is 35.5. The number of morpholine rings is 1. The zero-order valence-corrected chi connectivity index (χ0v) is 10.9. The second-order valence-electron chi connectivity index (χ2n) is 3.79. The van der Waals surface area contributed by atoms with Crippen molar-refractivity contribution in [3.8, 4) is 0 Å². The SMILES string of the molecule is NC(=NO)C1CN(c2ncc(Cl)cc2Cl)CCO1. The van der Waals surface area contributed by atoms with Gasteiger partial charge in [0.2, 0.25) is 0 Å². The Morgan fingerprint density at radius 1 is 1.61 bits per heavy atom. The largest absolute Gasteiger partial charge is 0.409 e. The number of anilines is 1. The minimum Gasteiger partial charge on any atom is -0.409 e. The van der Waals surface area contributed by atoms with Gasteiger partial charge in [0.1, 0.15) is 11.9 Å². The molecule has 1 aromatic heterocycles. The highest BCUT2D eigenvalue weighted by Crippen LogP contribution is 2.27. The Morgan fingerprint density at radius 3 is 3.06 bits per heavy atom. The first-order chi connectivity index (χ1) is 8.61. The molecule has 1 saturated heterocycles. The van der Waals surface area contributed by atoms with Crippen molar-refractivity contribution in [3.63, 3.8) is 0 Å². The van der Waals surface area contributed by atoms with Gasteiger partial charge in [0.15, 0.2) is 5.84 Å². The van der Waals surface area contributed by atoms with E-state index >= 15 is 0 Å². The van der Waals surface area contributed by atoms with Crippen LogP contribution in [-0.2, 0) is 4.74 Å². The van der Waals surface area contributed by atoms with E-state index in [1.54, 1.807) is 6.07 Å². The Bertz CT molecular complexity index is 469. The third-order valence-electron chi connectivity index (χ3n) is 2.60. The Morgan fingerprint density at radius 2 is 2.39 bits per heavy atom. The van der Waals surface area contributed by atoms with Crippen molar-refractivity contribution in [1.29, 1.82) is 0 Å². The minimum atomic E-state index is -0.475. The zero-order valence-electron chi connectivity index (χ0n) is 9.38. The average molecular weight is 291 g/mol. The van der Waals surface area contributed by atoms with Crippen molar-refractivity contribution in [2.75, 3.05) is 24.6 Å². The van der Waals surface area contributed by atoms with Crippen LogP contribution in [0, 0.1) is 0 Å². The summed E-state index contributed by atoms with van der Waals surface area (Å²) in [5, 5.41) is 12.5. The van der Waals surface area contributed by atoms with Crippen molar-refractivity contribution in [2.45, 2.75) is 6.10 Å². The van der Waals surface area contributed by atoms with E-state index in [1.807, 2.05) is 4.90 Å². The summed E-state index contributed by atoms with van der Waals surface area (Å²) in [7, 11) is 0. The van der Waals surface area contributed by atoms with Crippen LogP contribution < -0.4 is 10.6 Å². The van der Waals surface area contributed by atoms with Gasteiger partial charge in [0, 0.05) is 12.7 Å². The average Bonchev–Trinajstić information content (AvgIpc) is 2.38. The summed E-state index contributed by atoms with van der Waals surface area (Å²) >= 11 is 11.9. The third kappa shape index (κ3) is 2.77. The summed E-state index contributed by atoms with van der Waals surface area (Å²) < 4.78 is 5.39. The monoisotopic (exact) mass is 290 g/mol. The van der Waals surface area contributed by atoms with Gasteiger partial charge < -0.3 is 20.6 Å². The molecule has 2 heterocycles. The first-order valence-electron chi connectivity index (χ1n) is 5.27. The van der Waals surface area contributed by atoms with Gasteiger partial charge in [-0.1, -0.05) is 28.4 Å². The number of pyridine rings is 1. The molecule has 1 unspecified atom stereocenters. The molecular weight excluding hydrogens is 279 g/mol. The minimum absolute atomic E-state index is 0.0322. The Balaban J connectivity index is 2.18. The number of ether oxygens (including phenoxy) is 1. The molecule has 0 radical (unpaired) electrons. The molecule has 2 rings (SSSR count). The van der Waals surface area contributed by atoms with Crippen LogP contribution in [0.1, 0.15) is 0 Å². The van der Waals surface area contributed by atoms with Gasteiger partial charge in [-0.2, -0.15) is 0 Å². The molecule has 6 nitrogen and oxygen atoms in total. The molecule has 0 saturated carbocycles. The molecule has 0 amide bonds. The fourth-order valence-corrected chi connectivity index (χ4v) is 2.22. The second kappa shape index (κ2) is 5.60. The summed E-state index contributed by atoms with van der Waals surface area (Å²) in [6.07, 6.45) is 1.05. The van der Waals surface area contributed by atoms with E-state index in [1.165, 1.54) is 6.20 Å². The summed E-state index contributed by atoms with van der Waals surface area (Å²) in [5.41, 5.74) is 5.52. The summed E-state index contributed by atoms with van der Waals surface area (Å²) in [6, 6.07) is 1.62. The van der Waals surface area contributed by atoms with E-state index in [9.17, 15) is 0 Å². The molecule has 0 aromatic carbocycles. The van der Waals surface area contributed by atoms with Gasteiger partial charge in [0.05, 0.1) is 23.2 Å². The van der Waals surface area contributed by atoms with E-state index < -0.39 is 6.10 Å². The molecule has 1 aromatic rings. The van der Waals surface area contributed by atoms with Crippen LogP contribution in [0.5, 0.6) is 0 Å². The number of oxime groups is 1. The summed E-state index contributed by atoms with van der Waals surface area (Å²) in [5.74, 6) is 0.643.